The average Bonchev–Trinajstić information content (AvgIpc) is 3.14. The summed E-state index contributed by atoms with van der Waals surface area (Å²) >= 11 is 7.21. The van der Waals surface area contributed by atoms with Crippen LogP contribution in [0.1, 0.15) is 12.1 Å². The number of rotatable bonds is 7. The van der Waals surface area contributed by atoms with Crippen LogP contribution in [0.2, 0.25) is 5.02 Å². The summed E-state index contributed by atoms with van der Waals surface area (Å²) in [5, 5.41) is 11.1. The first-order valence-electron chi connectivity index (χ1n) is 9.24. The van der Waals surface area contributed by atoms with Crippen molar-refractivity contribution in [3.63, 3.8) is 0 Å². The second kappa shape index (κ2) is 10.1. The van der Waals surface area contributed by atoms with Gasteiger partial charge in [0.25, 0.3) is 0 Å². The van der Waals surface area contributed by atoms with E-state index >= 15 is 0 Å². The van der Waals surface area contributed by atoms with Gasteiger partial charge in [-0.2, -0.15) is 0 Å². The molecule has 0 aliphatic carbocycles. The normalized spacial score (nSPS) is 10.4. The van der Waals surface area contributed by atoms with Crippen molar-refractivity contribution in [3.05, 3.63) is 64.6 Å². The van der Waals surface area contributed by atoms with Gasteiger partial charge in [-0.25, -0.2) is 9.78 Å². The van der Waals surface area contributed by atoms with Gasteiger partial charge in [0.2, 0.25) is 5.91 Å². The van der Waals surface area contributed by atoms with E-state index in [2.05, 4.69) is 20.9 Å². The number of nitrogens with one attached hydrogen (secondary N) is 3. The van der Waals surface area contributed by atoms with Gasteiger partial charge in [0.15, 0.2) is 5.13 Å². The maximum atomic E-state index is 12.2. The summed E-state index contributed by atoms with van der Waals surface area (Å²) in [6.07, 6.45) is 0.781. The Morgan fingerprint density at radius 3 is 2.50 bits per heavy atom. The summed E-state index contributed by atoms with van der Waals surface area (Å²) in [7, 11) is 3.93. The summed E-state index contributed by atoms with van der Waals surface area (Å²) in [6.45, 7) is 0. The van der Waals surface area contributed by atoms with Crippen molar-refractivity contribution in [1.82, 2.24) is 4.98 Å². The zero-order chi connectivity index (χ0) is 21.5. The van der Waals surface area contributed by atoms with Crippen LogP contribution in [0.25, 0.3) is 0 Å². The molecular weight excluding hydrogens is 422 g/mol. The molecule has 0 saturated heterocycles. The minimum Gasteiger partial charge on any atom is -0.378 e. The topological polar surface area (TPSA) is 86.4 Å². The van der Waals surface area contributed by atoms with E-state index in [0.29, 0.717) is 28.7 Å². The van der Waals surface area contributed by atoms with Crippen LogP contribution in [0.15, 0.2) is 53.9 Å². The van der Waals surface area contributed by atoms with E-state index in [-0.39, 0.29) is 5.91 Å². The van der Waals surface area contributed by atoms with E-state index in [1.807, 2.05) is 48.6 Å². The predicted octanol–water partition coefficient (Wildman–Crippen LogP) is 5.08. The summed E-state index contributed by atoms with van der Waals surface area (Å²) in [4.78, 5) is 30.6. The second-order valence-electron chi connectivity index (χ2n) is 6.72. The molecule has 0 saturated carbocycles. The lowest BCUT2D eigenvalue weighted by Crippen LogP contribution is -2.19. The molecule has 3 rings (SSSR count). The highest BCUT2D eigenvalue weighted by Gasteiger charge is 2.09. The van der Waals surface area contributed by atoms with Gasteiger partial charge < -0.3 is 15.5 Å². The number of hydrogen-bond acceptors (Lipinski definition) is 5. The number of urea groups is 1. The number of aryl methyl sites for hydroxylation is 1. The fraction of sp³-hybridized carbons (Fsp3) is 0.190. The third-order valence-electron chi connectivity index (χ3n) is 4.13. The van der Waals surface area contributed by atoms with Gasteiger partial charge >= 0.3 is 6.03 Å². The number of hydrogen-bond donors (Lipinski definition) is 3. The van der Waals surface area contributed by atoms with Crippen LogP contribution in [-0.4, -0.2) is 31.0 Å². The Morgan fingerprint density at radius 1 is 1.03 bits per heavy atom. The van der Waals surface area contributed by atoms with Crippen LogP contribution in [-0.2, 0) is 11.2 Å². The summed E-state index contributed by atoms with van der Waals surface area (Å²) in [5.74, 6) is -0.0891. The molecule has 156 valence electrons. The number of thiazole rings is 1. The van der Waals surface area contributed by atoms with Crippen molar-refractivity contribution in [1.29, 1.82) is 0 Å². The van der Waals surface area contributed by atoms with Gasteiger partial charge in [-0.05, 0) is 48.9 Å². The first-order chi connectivity index (χ1) is 14.4. The van der Waals surface area contributed by atoms with Crippen LogP contribution in [0.5, 0.6) is 0 Å². The lowest BCUT2D eigenvalue weighted by Gasteiger charge is -2.13. The molecule has 0 unspecified atom stereocenters. The highest BCUT2D eigenvalue weighted by Crippen LogP contribution is 2.19. The third-order valence-corrected chi connectivity index (χ3v) is 5.17. The molecule has 0 fully saturated rings. The SMILES string of the molecule is CN(C)c1ccc(NC(=O)CCc2csc(NC(=O)Nc3cccc(Cl)c3)n2)cc1. The van der Waals surface area contributed by atoms with Crippen molar-refractivity contribution in [3.8, 4) is 0 Å². The van der Waals surface area contributed by atoms with E-state index in [4.69, 9.17) is 11.6 Å². The number of nitrogens with zero attached hydrogens (tertiary/aromatic N) is 2. The first-order valence-corrected chi connectivity index (χ1v) is 10.5. The molecule has 3 amide bonds. The van der Waals surface area contributed by atoms with E-state index < -0.39 is 6.03 Å². The number of aromatic nitrogens is 1. The molecule has 2 aromatic carbocycles. The Hall–Kier alpha value is -3.10. The number of anilines is 4. The molecular formula is C21H22ClN5O2S. The Balaban J connectivity index is 1.45. The van der Waals surface area contributed by atoms with E-state index in [1.165, 1.54) is 11.3 Å². The van der Waals surface area contributed by atoms with E-state index in [0.717, 1.165) is 17.1 Å². The van der Waals surface area contributed by atoms with Gasteiger partial charge in [-0.3, -0.25) is 10.1 Å². The van der Waals surface area contributed by atoms with Gasteiger partial charge in [0.05, 0.1) is 5.69 Å². The minimum absolute atomic E-state index is 0.0891. The molecule has 3 N–H and O–H groups in total. The lowest BCUT2D eigenvalue weighted by molar-refractivity contribution is -0.116. The number of carbonyl (C=O) groups excluding carboxylic acids is 2. The molecule has 0 bridgehead atoms. The molecule has 30 heavy (non-hydrogen) atoms. The Morgan fingerprint density at radius 2 is 1.80 bits per heavy atom. The number of amides is 3. The quantitative estimate of drug-likeness (QED) is 0.475. The maximum absolute atomic E-state index is 12.2. The van der Waals surface area contributed by atoms with Crippen molar-refractivity contribution >= 4 is 57.1 Å². The van der Waals surface area contributed by atoms with Gasteiger partial charge in [-0.1, -0.05) is 17.7 Å². The zero-order valence-electron chi connectivity index (χ0n) is 16.6. The highest BCUT2D eigenvalue weighted by atomic mass is 35.5. The van der Waals surface area contributed by atoms with Crippen molar-refractivity contribution < 1.29 is 9.59 Å². The molecule has 0 aliphatic heterocycles. The van der Waals surface area contributed by atoms with Crippen LogP contribution in [0.3, 0.4) is 0 Å². The highest BCUT2D eigenvalue weighted by molar-refractivity contribution is 7.13. The Labute approximate surface area is 184 Å². The molecule has 3 aromatic rings. The molecule has 1 aromatic heterocycles. The summed E-state index contributed by atoms with van der Waals surface area (Å²) in [6, 6.07) is 14.1. The Bertz CT molecular complexity index is 1020. The molecule has 7 nitrogen and oxygen atoms in total. The van der Waals surface area contributed by atoms with Crippen molar-refractivity contribution in [2.75, 3.05) is 34.9 Å². The zero-order valence-corrected chi connectivity index (χ0v) is 18.2. The van der Waals surface area contributed by atoms with Crippen LogP contribution in [0, 0.1) is 0 Å². The standard InChI is InChI=1S/C21H22ClN5O2S/c1-27(2)18-9-6-15(7-10-18)23-19(28)11-8-17-13-30-21(25-17)26-20(29)24-16-5-3-4-14(22)12-16/h3-7,9-10,12-13H,8,11H2,1-2H3,(H,23,28)(H2,24,25,26,29). The molecule has 0 spiro atoms. The van der Waals surface area contributed by atoms with Crippen molar-refractivity contribution in [2.45, 2.75) is 12.8 Å². The van der Waals surface area contributed by atoms with Crippen molar-refractivity contribution in [2.24, 2.45) is 0 Å². The first kappa shape index (κ1) is 21.6. The van der Waals surface area contributed by atoms with Gasteiger partial charge in [0.1, 0.15) is 0 Å². The third kappa shape index (κ3) is 6.47. The number of benzene rings is 2. The Kier molecular flexibility index (Phi) is 7.26. The molecule has 1 heterocycles. The fourth-order valence-corrected chi connectivity index (χ4v) is 3.54. The number of halogens is 1. The van der Waals surface area contributed by atoms with Gasteiger partial charge in [-0.15, -0.1) is 11.3 Å². The lowest BCUT2D eigenvalue weighted by atomic mass is 10.2. The molecule has 0 aliphatic rings. The minimum atomic E-state index is -0.405. The smallest absolute Gasteiger partial charge is 0.325 e. The average molecular weight is 444 g/mol. The molecule has 0 radical (unpaired) electrons. The van der Waals surface area contributed by atoms with E-state index in [1.54, 1.807) is 24.3 Å². The predicted molar refractivity (Wildman–Crippen MR) is 124 cm³/mol. The molecule has 9 heteroatoms. The van der Waals surface area contributed by atoms with Crippen LogP contribution in [0.4, 0.5) is 27.0 Å². The fourth-order valence-electron chi connectivity index (χ4n) is 2.61. The maximum Gasteiger partial charge on any atom is 0.325 e. The van der Waals surface area contributed by atoms with E-state index in [9.17, 15) is 9.59 Å². The summed E-state index contributed by atoms with van der Waals surface area (Å²) < 4.78 is 0. The molecule has 0 atom stereocenters. The monoisotopic (exact) mass is 443 g/mol. The van der Waals surface area contributed by atoms with Crippen LogP contribution < -0.4 is 20.9 Å². The summed E-state index contributed by atoms with van der Waals surface area (Å²) in [5.41, 5.74) is 3.15. The van der Waals surface area contributed by atoms with Gasteiger partial charge in [0, 0.05) is 48.0 Å². The number of carbonyl (C=O) groups is 2. The largest absolute Gasteiger partial charge is 0.378 e. The second-order valence-corrected chi connectivity index (χ2v) is 8.02. The van der Waals surface area contributed by atoms with Crippen LogP contribution >= 0.6 is 22.9 Å².